The Bertz CT molecular complexity index is 359. The van der Waals surface area contributed by atoms with Crippen molar-refractivity contribution in [1.29, 1.82) is 0 Å². The molecule has 1 aromatic heterocycles. The second kappa shape index (κ2) is 1.42. The molecule has 1 spiro atoms. The molecule has 4 heteroatoms. The van der Waals surface area contributed by atoms with Gasteiger partial charge in [0.1, 0.15) is 0 Å². The molecule has 0 aromatic carbocycles. The summed E-state index contributed by atoms with van der Waals surface area (Å²) in [5.74, 6) is 0. The van der Waals surface area contributed by atoms with Gasteiger partial charge in [-0.1, -0.05) is 4.68 Å². The zero-order valence-corrected chi connectivity index (χ0v) is 6.09. The van der Waals surface area contributed by atoms with E-state index in [4.69, 9.17) is 4.52 Å². The predicted molar refractivity (Wildman–Crippen MR) is 35.1 cm³/mol. The Morgan fingerprint density at radius 1 is 1.45 bits per heavy atom. The number of fused-ring (bicyclic) bond motifs is 2. The molecular weight excluding hydrogens is 144 g/mol. The van der Waals surface area contributed by atoms with Gasteiger partial charge in [0, 0.05) is 25.7 Å². The van der Waals surface area contributed by atoms with Crippen molar-refractivity contribution in [3.05, 3.63) is 16.1 Å². The van der Waals surface area contributed by atoms with Crippen molar-refractivity contribution in [2.45, 2.75) is 31.2 Å². The molecule has 1 aliphatic carbocycles. The third-order valence-corrected chi connectivity index (χ3v) is 2.86. The van der Waals surface area contributed by atoms with Crippen molar-refractivity contribution >= 4 is 0 Å². The van der Waals surface area contributed by atoms with Crippen LogP contribution >= 0.6 is 0 Å². The van der Waals surface area contributed by atoms with E-state index in [2.05, 4.69) is 5.27 Å². The van der Waals surface area contributed by atoms with Gasteiger partial charge in [-0.3, -0.25) is 4.52 Å². The van der Waals surface area contributed by atoms with Crippen molar-refractivity contribution in [3.63, 3.8) is 0 Å². The first-order chi connectivity index (χ1) is 5.32. The summed E-state index contributed by atoms with van der Waals surface area (Å²) in [6.07, 6.45) is 4.39. The average Bonchev–Trinajstić information content (AvgIpc) is 2.53. The lowest BCUT2D eigenvalue weighted by Crippen LogP contribution is -2.46. The molecule has 3 rings (SSSR count). The highest BCUT2D eigenvalue weighted by atomic mass is 16.5. The number of nitrogens with zero attached hydrogens (tertiary/aromatic N) is 1. The van der Waals surface area contributed by atoms with E-state index >= 15 is 0 Å². The molecule has 58 valence electrons. The minimum absolute atomic E-state index is 0.186. The Morgan fingerprint density at radius 3 is 3.00 bits per heavy atom. The van der Waals surface area contributed by atoms with Gasteiger partial charge in [0.25, 0.3) is 5.69 Å². The highest BCUT2D eigenvalue weighted by molar-refractivity contribution is 4.99. The monoisotopic (exact) mass is 153 g/mol. The SMILES string of the molecule is O=c1o[nH][n+]2c1CCC21CC1. The summed E-state index contributed by atoms with van der Waals surface area (Å²) in [5, 5.41) is 2.67. The van der Waals surface area contributed by atoms with E-state index in [1.807, 2.05) is 4.68 Å². The van der Waals surface area contributed by atoms with E-state index < -0.39 is 0 Å². The van der Waals surface area contributed by atoms with Crippen molar-refractivity contribution in [3.8, 4) is 0 Å². The number of aromatic amines is 1. The fraction of sp³-hybridized carbons (Fsp3) is 0.714. The summed E-state index contributed by atoms with van der Waals surface area (Å²) in [6, 6.07) is 0. The van der Waals surface area contributed by atoms with Crippen LogP contribution in [0.5, 0.6) is 0 Å². The van der Waals surface area contributed by atoms with Crippen molar-refractivity contribution < 1.29 is 9.20 Å². The van der Waals surface area contributed by atoms with E-state index in [0.29, 0.717) is 0 Å². The predicted octanol–water partition coefficient (Wildman–Crippen LogP) is -0.309. The van der Waals surface area contributed by atoms with Gasteiger partial charge < -0.3 is 0 Å². The second-order valence-corrected chi connectivity index (χ2v) is 3.49. The van der Waals surface area contributed by atoms with Crippen molar-refractivity contribution in [2.75, 3.05) is 0 Å². The van der Waals surface area contributed by atoms with Crippen LogP contribution < -0.4 is 10.3 Å². The first-order valence-corrected chi connectivity index (χ1v) is 3.95. The third-order valence-electron chi connectivity index (χ3n) is 2.86. The fourth-order valence-corrected chi connectivity index (χ4v) is 1.97. The maximum absolute atomic E-state index is 11.0. The summed E-state index contributed by atoms with van der Waals surface area (Å²) < 4.78 is 6.62. The second-order valence-electron chi connectivity index (χ2n) is 3.49. The normalized spacial score (nSPS) is 24.0. The molecule has 1 saturated carbocycles. The van der Waals surface area contributed by atoms with Crippen LogP contribution in [-0.2, 0) is 12.0 Å². The Labute approximate surface area is 62.8 Å². The first kappa shape index (κ1) is 5.57. The van der Waals surface area contributed by atoms with Gasteiger partial charge >= 0.3 is 5.63 Å². The zero-order chi connectivity index (χ0) is 7.47. The molecule has 0 amide bonds. The van der Waals surface area contributed by atoms with Gasteiger partial charge in [0.2, 0.25) is 0 Å². The summed E-state index contributed by atoms with van der Waals surface area (Å²) in [5.41, 5.74) is 0.901. The summed E-state index contributed by atoms with van der Waals surface area (Å²) in [6.45, 7) is 0. The number of nitrogens with one attached hydrogen (secondary N) is 1. The van der Waals surface area contributed by atoms with Gasteiger partial charge in [-0.25, -0.2) is 4.79 Å². The minimum Gasteiger partial charge on any atom is -0.283 e. The van der Waals surface area contributed by atoms with Crippen LogP contribution in [0.4, 0.5) is 0 Å². The number of rotatable bonds is 0. The smallest absolute Gasteiger partial charge is 0.283 e. The minimum atomic E-state index is -0.186. The maximum atomic E-state index is 11.0. The van der Waals surface area contributed by atoms with Crippen LogP contribution in [0, 0.1) is 0 Å². The van der Waals surface area contributed by atoms with E-state index in [1.54, 1.807) is 0 Å². The number of hydrogen-bond donors (Lipinski definition) is 1. The maximum Gasteiger partial charge on any atom is 0.429 e. The largest absolute Gasteiger partial charge is 0.429 e. The lowest BCUT2D eigenvalue weighted by atomic mass is 10.2. The average molecular weight is 153 g/mol. The molecule has 11 heavy (non-hydrogen) atoms. The van der Waals surface area contributed by atoms with Crippen LogP contribution in [-0.4, -0.2) is 5.27 Å². The molecule has 1 aromatic rings. The number of hydrogen-bond acceptors (Lipinski definition) is 2. The number of aromatic nitrogens is 2. The molecule has 0 saturated heterocycles. The number of H-pyrrole nitrogens is 1. The highest BCUT2D eigenvalue weighted by Crippen LogP contribution is 2.44. The zero-order valence-electron chi connectivity index (χ0n) is 6.09. The molecule has 0 radical (unpaired) electrons. The Morgan fingerprint density at radius 2 is 2.27 bits per heavy atom. The van der Waals surface area contributed by atoms with Crippen LogP contribution in [0.25, 0.3) is 0 Å². The van der Waals surface area contributed by atoms with Crippen LogP contribution in [0.3, 0.4) is 0 Å². The van der Waals surface area contributed by atoms with E-state index in [1.165, 1.54) is 12.8 Å². The molecule has 1 fully saturated rings. The first-order valence-electron chi connectivity index (χ1n) is 3.95. The third kappa shape index (κ3) is 0.514. The molecule has 0 bridgehead atoms. The molecule has 1 N–H and O–H groups in total. The Hall–Kier alpha value is -1.06. The van der Waals surface area contributed by atoms with E-state index in [9.17, 15) is 4.79 Å². The lowest BCUT2D eigenvalue weighted by molar-refractivity contribution is -0.794. The summed E-state index contributed by atoms with van der Waals surface area (Å²) in [4.78, 5) is 11.0. The molecule has 0 atom stereocenters. The van der Waals surface area contributed by atoms with Gasteiger partial charge in [0.05, 0.1) is 0 Å². The lowest BCUT2D eigenvalue weighted by Gasteiger charge is -1.93. The molecule has 0 unspecified atom stereocenters. The Kier molecular flexibility index (Phi) is 0.718. The molecule has 2 heterocycles. The highest BCUT2D eigenvalue weighted by Gasteiger charge is 2.60. The van der Waals surface area contributed by atoms with Crippen LogP contribution in [0.15, 0.2) is 9.32 Å². The molecular formula is C7H9N2O2+. The van der Waals surface area contributed by atoms with E-state index in [-0.39, 0.29) is 11.2 Å². The molecule has 2 aliphatic rings. The van der Waals surface area contributed by atoms with Crippen molar-refractivity contribution in [2.24, 2.45) is 0 Å². The van der Waals surface area contributed by atoms with E-state index in [0.717, 1.165) is 18.5 Å². The van der Waals surface area contributed by atoms with Gasteiger partial charge in [-0.15, -0.1) is 0 Å². The van der Waals surface area contributed by atoms with Gasteiger partial charge in [0.15, 0.2) is 5.54 Å². The summed E-state index contributed by atoms with van der Waals surface area (Å²) >= 11 is 0. The van der Waals surface area contributed by atoms with Gasteiger partial charge in [-0.2, -0.15) is 0 Å². The Balaban J connectivity index is 2.29. The van der Waals surface area contributed by atoms with Crippen molar-refractivity contribution in [1.82, 2.24) is 5.27 Å². The quantitative estimate of drug-likeness (QED) is 0.520. The van der Waals surface area contributed by atoms with Crippen LogP contribution in [0.1, 0.15) is 25.0 Å². The standard InChI is InChI=1S/C7H8N2O2/c10-6-5-1-2-7(3-4-7)9(5)8-11-6/h1-4H2/p+1. The van der Waals surface area contributed by atoms with Gasteiger partial charge in [-0.05, 0) is 5.27 Å². The summed E-state index contributed by atoms with van der Waals surface area (Å²) in [7, 11) is 0. The molecule has 4 nitrogen and oxygen atoms in total. The molecule has 1 aliphatic heterocycles. The fourth-order valence-electron chi connectivity index (χ4n) is 1.97. The topological polar surface area (TPSA) is 49.9 Å². The van der Waals surface area contributed by atoms with Crippen LogP contribution in [0.2, 0.25) is 0 Å².